The van der Waals surface area contributed by atoms with Crippen LogP contribution in [0.15, 0.2) is 36.5 Å². The van der Waals surface area contributed by atoms with Crippen LogP contribution in [0.25, 0.3) is 0 Å². The highest BCUT2D eigenvalue weighted by atomic mass is 35.5. The molecule has 2 amide bonds. The first-order valence-electron chi connectivity index (χ1n) is 11.1. The minimum atomic E-state index is -0.247. The molecule has 0 unspecified atom stereocenters. The number of unbranched alkanes of at least 4 members (excludes halogenated alkanes) is 1. The van der Waals surface area contributed by atoms with Crippen LogP contribution in [0.5, 0.6) is 0 Å². The Morgan fingerprint density at radius 2 is 1.78 bits per heavy atom. The summed E-state index contributed by atoms with van der Waals surface area (Å²) < 4.78 is 7.43. The molecule has 0 N–H and O–H groups in total. The first kappa shape index (κ1) is 26.2. The van der Waals surface area contributed by atoms with Gasteiger partial charge in [0.2, 0.25) is 5.91 Å². The zero-order chi connectivity index (χ0) is 23.5. The molecule has 1 aromatic heterocycles. The van der Waals surface area contributed by atoms with Gasteiger partial charge in [0.1, 0.15) is 6.54 Å². The van der Waals surface area contributed by atoms with E-state index in [0.29, 0.717) is 54.9 Å². The Hall–Kier alpha value is -2.02. The minimum absolute atomic E-state index is 0.000654. The number of amides is 2. The summed E-state index contributed by atoms with van der Waals surface area (Å²) in [6.07, 6.45) is 4.49. The van der Waals surface area contributed by atoms with Gasteiger partial charge < -0.3 is 19.1 Å². The molecule has 0 aliphatic carbocycles. The highest BCUT2D eigenvalue weighted by Crippen LogP contribution is 2.23. The van der Waals surface area contributed by atoms with E-state index in [0.717, 1.165) is 18.5 Å². The van der Waals surface area contributed by atoms with Gasteiger partial charge in [-0.3, -0.25) is 9.59 Å². The Morgan fingerprint density at radius 3 is 2.41 bits per heavy atom. The lowest BCUT2D eigenvalue weighted by atomic mass is 10.2. The molecule has 0 saturated heterocycles. The summed E-state index contributed by atoms with van der Waals surface area (Å²) in [7, 11) is 1.96. The first-order valence-corrected chi connectivity index (χ1v) is 11.8. The van der Waals surface area contributed by atoms with E-state index >= 15 is 0 Å². The molecule has 176 valence electrons. The van der Waals surface area contributed by atoms with Gasteiger partial charge in [0.15, 0.2) is 0 Å². The molecule has 1 aromatic carbocycles. The van der Waals surface area contributed by atoms with E-state index in [-0.39, 0.29) is 18.4 Å². The molecule has 32 heavy (non-hydrogen) atoms. The molecule has 0 aliphatic rings. The quantitative estimate of drug-likeness (QED) is 0.377. The van der Waals surface area contributed by atoms with Crippen molar-refractivity contribution in [2.24, 2.45) is 7.05 Å². The third-order valence-corrected chi connectivity index (χ3v) is 5.98. The third-order valence-electron chi connectivity index (χ3n) is 5.24. The number of halogens is 2. The Labute approximate surface area is 201 Å². The molecular formula is C24H33Cl2N3O3. The number of rotatable bonds is 13. The Balaban J connectivity index is 2.18. The molecule has 1 heterocycles. The van der Waals surface area contributed by atoms with Crippen LogP contribution in [-0.4, -0.2) is 59.0 Å². The van der Waals surface area contributed by atoms with E-state index in [1.807, 2.05) is 41.8 Å². The molecule has 0 bridgehead atoms. The van der Waals surface area contributed by atoms with Gasteiger partial charge in [0, 0.05) is 50.8 Å². The number of aryl methyl sites for hydroxylation is 1. The lowest BCUT2D eigenvalue weighted by Gasteiger charge is -2.28. The fourth-order valence-electron chi connectivity index (χ4n) is 3.33. The second-order valence-electron chi connectivity index (χ2n) is 7.69. The SMILES string of the molecule is CCCCN(Cc1cccn1C)C(=O)CN(CCCOCC)C(=O)c1ccc(Cl)c(Cl)c1. The van der Waals surface area contributed by atoms with Crippen molar-refractivity contribution in [3.05, 3.63) is 57.8 Å². The molecule has 0 aliphatic heterocycles. The van der Waals surface area contributed by atoms with Crippen LogP contribution < -0.4 is 0 Å². The van der Waals surface area contributed by atoms with Gasteiger partial charge in [-0.25, -0.2) is 0 Å². The first-order chi connectivity index (χ1) is 15.4. The number of hydrogen-bond acceptors (Lipinski definition) is 3. The molecular weight excluding hydrogens is 449 g/mol. The number of aromatic nitrogens is 1. The molecule has 2 rings (SSSR count). The number of hydrogen-bond donors (Lipinski definition) is 0. The average molecular weight is 482 g/mol. The molecule has 8 heteroatoms. The molecule has 0 fully saturated rings. The maximum atomic E-state index is 13.3. The van der Waals surface area contributed by atoms with E-state index in [2.05, 4.69) is 6.92 Å². The Bertz CT molecular complexity index is 885. The summed E-state index contributed by atoms with van der Waals surface area (Å²) >= 11 is 12.1. The highest BCUT2D eigenvalue weighted by Gasteiger charge is 2.23. The average Bonchev–Trinajstić information content (AvgIpc) is 3.18. The van der Waals surface area contributed by atoms with Crippen LogP contribution in [0.2, 0.25) is 10.0 Å². The van der Waals surface area contributed by atoms with Crippen molar-refractivity contribution in [1.29, 1.82) is 0 Å². The number of carbonyl (C=O) groups excluding carboxylic acids is 2. The number of benzene rings is 1. The fraction of sp³-hybridized carbons (Fsp3) is 0.500. The zero-order valence-corrected chi connectivity index (χ0v) is 20.7. The van der Waals surface area contributed by atoms with Crippen molar-refractivity contribution in [3.63, 3.8) is 0 Å². The summed E-state index contributed by atoms with van der Waals surface area (Å²) in [6, 6.07) is 8.75. The summed E-state index contributed by atoms with van der Waals surface area (Å²) in [5.74, 6) is -0.327. The summed E-state index contributed by atoms with van der Waals surface area (Å²) in [5.41, 5.74) is 1.46. The van der Waals surface area contributed by atoms with Crippen molar-refractivity contribution in [2.75, 3.05) is 32.8 Å². The highest BCUT2D eigenvalue weighted by molar-refractivity contribution is 6.42. The molecule has 0 radical (unpaired) electrons. The predicted octanol–water partition coefficient (Wildman–Crippen LogP) is 5.03. The second-order valence-corrected chi connectivity index (χ2v) is 8.50. The Morgan fingerprint density at radius 1 is 1.03 bits per heavy atom. The van der Waals surface area contributed by atoms with Gasteiger partial charge in [0.05, 0.1) is 16.6 Å². The summed E-state index contributed by atoms with van der Waals surface area (Å²) in [6.45, 7) is 6.73. The molecule has 6 nitrogen and oxygen atoms in total. The van der Waals surface area contributed by atoms with E-state index in [1.165, 1.54) is 0 Å². The van der Waals surface area contributed by atoms with Crippen LogP contribution in [0.1, 0.15) is 49.2 Å². The number of ether oxygens (including phenoxy) is 1. The summed E-state index contributed by atoms with van der Waals surface area (Å²) in [4.78, 5) is 29.9. The van der Waals surface area contributed by atoms with Crippen molar-refractivity contribution < 1.29 is 14.3 Å². The van der Waals surface area contributed by atoms with Crippen LogP contribution >= 0.6 is 23.2 Å². The normalized spacial score (nSPS) is 10.9. The van der Waals surface area contributed by atoms with Gasteiger partial charge in [-0.2, -0.15) is 0 Å². The monoisotopic (exact) mass is 481 g/mol. The van der Waals surface area contributed by atoms with E-state index in [9.17, 15) is 9.59 Å². The standard InChI is InChI=1S/C24H33Cl2N3O3/c1-4-6-13-28(17-20-9-7-12-27(20)3)23(30)18-29(14-8-15-32-5-2)24(31)19-10-11-21(25)22(26)16-19/h7,9-12,16H,4-6,8,13-15,17-18H2,1-3H3. The van der Waals surface area contributed by atoms with Crippen molar-refractivity contribution in [3.8, 4) is 0 Å². The van der Waals surface area contributed by atoms with Crippen molar-refractivity contribution >= 4 is 35.0 Å². The predicted molar refractivity (Wildman–Crippen MR) is 129 cm³/mol. The lowest BCUT2D eigenvalue weighted by molar-refractivity contribution is -0.132. The van der Waals surface area contributed by atoms with Gasteiger partial charge in [0.25, 0.3) is 5.91 Å². The lowest BCUT2D eigenvalue weighted by Crippen LogP contribution is -2.43. The Kier molecular flexibility index (Phi) is 11.1. The third kappa shape index (κ3) is 7.84. The van der Waals surface area contributed by atoms with Gasteiger partial charge in [-0.15, -0.1) is 0 Å². The zero-order valence-electron chi connectivity index (χ0n) is 19.2. The molecule has 0 atom stereocenters. The van der Waals surface area contributed by atoms with Gasteiger partial charge in [-0.1, -0.05) is 36.5 Å². The second kappa shape index (κ2) is 13.5. The van der Waals surface area contributed by atoms with Gasteiger partial charge in [-0.05, 0) is 50.1 Å². The van der Waals surface area contributed by atoms with Crippen molar-refractivity contribution in [1.82, 2.24) is 14.4 Å². The summed E-state index contributed by atoms with van der Waals surface area (Å²) in [5, 5.41) is 0.696. The largest absolute Gasteiger partial charge is 0.382 e. The minimum Gasteiger partial charge on any atom is -0.382 e. The fourth-order valence-corrected chi connectivity index (χ4v) is 3.62. The van der Waals surface area contributed by atoms with Crippen molar-refractivity contribution in [2.45, 2.75) is 39.7 Å². The van der Waals surface area contributed by atoms with Crippen LogP contribution in [-0.2, 0) is 23.1 Å². The van der Waals surface area contributed by atoms with Gasteiger partial charge >= 0.3 is 0 Å². The molecule has 0 spiro atoms. The topological polar surface area (TPSA) is 54.8 Å². The van der Waals surface area contributed by atoms with Crippen LogP contribution in [0, 0.1) is 0 Å². The van der Waals surface area contributed by atoms with Crippen LogP contribution in [0.3, 0.4) is 0 Å². The number of nitrogens with zero attached hydrogens (tertiary/aromatic N) is 3. The smallest absolute Gasteiger partial charge is 0.254 e. The maximum Gasteiger partial charge on any atom is 0.254 e. The van der Waals surface area contributed by atoms with Crippen LogP contribution in [0.4, 0.5) is 0 Å². The number of carbonyl (C=O) groups is 2. The maximum absolute atomic E-state index is 13.3. The van der Waals surface area contributed by atoms with E-state index in [4.69, 9.17) is 27.9 Å². The van der Waals surface area contributed by atoms with E-state index in [1.54, 1.807) is 23.1 Å². The van der Waals surface area contributed by atoms with E-state index < -0.39 is 0 Å². The molecule has 0 saturated carbocycles. The molecule has 2 aromatic rings.